The molecule has 5 heterocycles. The van der Waals surface area contributed by atoms with E-state index < -0.39 is 6.10 Å². The molecular formula is C24H27N7O4. The molecule has 0 unspecified atom stereocenters. The average Bonchev–Trinajstić information content (AvgIpc) is 3.63. The van der Waals surface area contributed by atoms with Crippen LogP contribution in [0, 0.1) is 0 Å². The zero-order valence-electron chi connectivity index (χ0n) is 19.5. The molecule has 0 aromatic carbocycles. The van der Waals surface area contributed by atoms with Gasteiger partial charge in [-0.2, -0.15) is 9.61 Å². The zero-order valence-corrected chi connectivity index (χ0v) is 19.5. The summed E-state index contributed by atoms with van der Waals surface area (Å²) in [4.78, 5) is 22.5. The molecule has 1 saturated carbocycles. The minimum Gasteiger partial charge on any atom is -0.391 e. The molecule has 35 heavy (non-hydrogen) atoms. The highest BCUT2D eigenvalue weighted by molar-refractivity contribution is 6.00. The van der Waals surface area contributed by atoms with Crippen molar-refractivity contribution in [3.05, 3.63) is 42.4 Å². The fourth-order valence-corrected chi connectivity index (χ4v) is 4.87. The summed E-state index contributed by atoms with van der Waals surface area (Å²) in [6.07, 6.45) is 6.21. The number of aliphatic hydroxyl groups excluding tert-OH is 1. The zero-order chi connectivity index (χ0) is 24.1. The van der Waals surface area contributed by atoms with Crippen LogP contribution in [0.1, 0.15) is 29.2 Å². The van der Waals surface area contributed by atoms with Gasteiger partial charge in [-0.15, -0.1) is 0 Å². The van der Waals surface area contributed by atoms with Crippen LogP contribution in [0.4, 0.5) is 5.82 Å². The number of fused-ring (bicyclic) bond motifs is 2. The number of aromatic nitrogens is 5. The van der Waals surface area contributed by atoms with Crippen LogP contribution in [-0.4, -0.2) is 80.8 Å². The molecule has 1 amide bonds. The van der Waals surface area contributed by atoms with Gasteiger partial charge in [0.25, 0.3) is 5.91 Å². The van der Waals surface area contributed by atoms with Gasteiger partial charge in [-0.3, -0.25) is 4.79 Å². The Balaban J connectivity index is 1.40. The largest absolute Gasteiger partial charge is 0.391 e. The molecule has 4 aliphatic rings. The number of carbonyl (C=O) groups excluding carboxylic acids is 1. The number of aliphatic hydroxyl groups is 1. The molecule has 182 valence electrons. The van der Waals surface area contributed by atoms with E-state index in [4.69, 9.17) is 19.4 Å². The maximum absolute atomic E-state index is 13.0. The number of carbonyl (C=O) groups is 1. The van der Waals surface area contributed by atoms with Crippen molar-refractivity contribution in [2.75, 3.05) is 32.7 Å². The van der Waals surface area contributed by atoms with Crippen LogP contribution < -0.4 is 10.6 Å². The van der Waals surface area contributed by atoms with Gasteiger partial charge in [-0.1, -0.05) is 0 Å². The number of anilines is 1. The van der Waals surface area contributed by atoms with Crippen molar-refractivity contribution >= 4 is 17.4 Å². The van der Waals surface area contributed by atoms with E-state index in [9.17, 15) is 9.90 Å². The first-order valence-corrected chi connectivity index (χ1v) is 11.7. The standard InChI is InChI=1S/C24H27N7O4/c1-25-21-8-17(28-23-15(10-27-31(21)23)24(33)29-16-5-6-19(16)32)14-9-26-22-13(14)4-3-7-30(22)18-11-35-12-20(18)34-2/h3-4,7-10,16,18-20,25,32H,5-6,11-12H2,1-2H3,(H,29,33)/t16-,18+,19+,20+/m1/s1. The fraction of sp³-hybridized carbons (Fsp3) is 0.417. The highest BCUT2D eigenvalue weighted by atomic mass is 16.5. The predicted octanol–water partition coefficient (Wildman–Crippen LogP) is 1.58. The summed E-state index contributed by atoms with van der Waals surface area (Å²) in [5.41, 5.74) is 3.25. The number of hydrogen-bond donors (Lipinski definition) is 3. The predicted molar refractivity (Wildman–Crippen MR) is 128 cm³/mol. The normalized spacial score (nSPS) is 24.1. The molecule has 6 rings (SSSR count). The molecule has 1 aliphatic carbocycles. The second-order valence-electron chi connectivity index (χ2n) is 9.00. The van der Waals surface area contributed by atoms with Gasteiger partial charge < -0.3 is 29.8 Å². The van der Waals surface area contributed by atoms with E-state index in [0.29, 0.717) is 42.4 Å². The maximum Gasteiger partial charge on any atom is 0.257 e. The summed E-state index contributed by atoms with van der Waals surface area (Å²) in [7, 11) is 3.49. The number of ether oxygens (including phenoxy) is 2. The lowest BCUT2D eigenvalue weighted by Gasteiger charge is -2.32. The second-order valence-corrected chi connectivity index (χ2v) is 9.00. The summed E-state index contributed by atoms with van der Waals surface area (Å²) < 4.78 is 15.0. The van der Waals surface area contributed by atoms with Crippen molar-refractivity contribution in [2.45, 2.75) is 37.1 Å². The van der Waals surface area contributed by atoms with Crippen molar-refractivity contribution in [1.29, 1.82) is 0 Å². The highest BCUT2D eigenvalue weighted by Gasteiger charge is 2.33. The lowest BCUT2D eigenvalue weighted by atomic mass is 9.89. The van der Waals surface area contributed by atoms with Crippen LogP contribution in [0.3, 0.4) is 0 Å². The summed E-state index contributed by atoms with van der Waals surface area (Å²) in [6.45, 7) is 1.11. The number of nitrogens with zero attached hydrogens (tertiary/aromatic N) is 5. The third-order valence-corrected chi connectivity index (χ3v) is 7.06. The Hall–Kier alpha value is -3.54. The van der Waals surface area contributed by atoms with E-state index >= 15 is 0 Å². The van der Waals surface area contributed by atoms with Gasteiger partial charge >= 0.3 is 0 Å². The third-order valence-electron chi connectivity index (χ3n) is 7.06. The molecule has 3 N–H and O–H groups in total. The van der Waals surface area contributed by atoms with Crippen molar-refractivity contribution in [1.82, 2.24) is 29.5 Å². The number of methoxy groups -OCH3 is 1. The fourth-order valence-electron chi connectivity index (χ4n) is 4.87. The Morgan fingerprint density at radius 1 is 1.26 bits per heavy atom. The van der Waals surface area contributed by atoms with Crippen LogP contribution in [0.2, 0.25) is 0 Å². The molecule has 2 fully saturated rings. The highest BCUT2D eigenvalue weighted by Crippen LogP contribution is 2.36. The molecule has 0 spiro atoms. The molecule has 11 heteroatoms. The molecule has 11 nitrogen and oxygen atoms in total. The monoisotopic (exact) mass is 477 g/mol. The molecule has 1 saturated heterocycles. The molecule has 0 radical (unpaired) electrons. The van der Waals surface area contributed by atoms with Crippen molar-refractivity contribution in [3.63, 3.8) is 0 Å². The van der Waals surface area contributed by atoms with Crippen molar-refractivity contribution < 1.29 is 19.4 Å². The molecule has 4 atom stereocenters. The number of pyridine rings is 1. The van der Waals surface area contributed by atoms with Crippen LogP contribution >= 0.6 is 0 Å². The molecule has 3 aliphatic heterocycles. The van der Waals surface area contributed by atoms with Gasteiger partial charge in [0.1, 0.15) is 23.3 Å². The first kappa shape index (κ1) is 22.0. The molecule has 2 aromatic heterocycles. The van der Waals surface area contributed by atoms with Gasteiger partial charge in [0.05, 0.1) is 43.3 Å². The van der Waals surface area contributed by atoms with Crippen LogP contribution in [0.25, 0.3) is 28.3 Å². The quantitative estimate of drug-likeness (QED) is 0.382. The minimum absolute atomic E-state index is 0.0294. The minimum atomic E-state index is -0.506. The number of rotatable bonds is 6. The molecular weight excluding hydrogens is 450 g/mol. The Labute approximate surface area is 201 Å². The second kappa shape index (κ2) is 8.59. The first-order valence-electron chi connectivity index (χ1n) is 11.7. The smallest absolute Gasteiger partial charge is 0.257 e. The number of amides is 1. The molecule has 2 aromatic rings. The van der Waals surface area contributed by atoms with Gasteiger partial charge in [0.15, 0.2) is 5.65 Å². The number of nitrogens with one attached hydrogen (secondary N) is 2. The van der Waals surface area contributed by atoms with E-state index in [2.05, 4.69) is 20.3 Å². The van der Waals surface area contributed by atoms with Crippen LogP contribution in [0.15, 0.2) is 36.8 Å². The lowest BCUT2D eigenvalue weighted by molar-refractivity contribution is 0.0448. The Morgan fingerprint density at radius 2 is 2.14 bits per heavy atom. The van der Waals surface area contributed by atoms with Gasteiger partial charge in [-0.25, -0.2) is 9.97 Å². The lowest BCUT2D eigenvalue weighted by Crippen LogP contribution is -2.50. The van der Waals surface area contributed by atoms with Crippen molar-refractivity contribution in [3.8, 4) is 22.6 Å². The van der Waals surface area contributed by atoms with E-state index in [1.807, 2.05) is 24.4 Å². The SMILES string of the molecule is CNc1cc(-c2cnc3n([C@H]4COC[C@@H]4OC)cccc2-3)nc2c(C(=O)N[C@@H]3CC[C@@H]3O)cnn12. The maximum atomic E-state index is 13.0. The van der Waals surface area contributed by atoms with Gasteiger partial charge in [0, 0.05) is 43.7 Å². The van der Waals surface area contributed by atoms with Crippen molar-refractivity contribution in [2.24, 2.45) is 0 Å². The Bertz CT molecular complexity index is 1370. The summed E-state index contributed by atoms with van der Waals surface area (Å²) in [6, 6.07) is 5.68. The summed E-state index contributed by atoms with van der Waals surface area (Å²) in [5.74, 6) is 1.21. The average molecular weight is 478 g/mol. The van der Waals surface area contributed by atoms with Crippen LogP contribution in [-0.2, 0) is 9.47 Å². The summed E-state index contributed by atoms with van der Waals surface area (Å²) in [5, 5.41) is 20.3. The van der Waals surface area contributed by atoms with Gasteiger partial charge in [0.2, 0.25) is 0 Å². The van der Waals surface area contributed by atoms with Crippen LogP contribution in [0.5, 0.6) is 0 Å². The number of hydrogen-bond acceptors (Lipinski definition) is 8. The van der Waals surface area contributed by atoms with Gasteiger partial charge in [-0.05, 0) is 25.0 Å². The van der Waals surface area contributed by atoms with E-state index in [1.165, 1.54) is 6.20 Å². The van der Waals surface area contributed by atoms with E-state index in [0.717, 1.165) is 23.4 Å². The topological polar surface area (TPSA) is 128 Å². The Kier molecular flexibility index (Phi) is 5.39. The van der Waals surface area contributed by atoms with E-state index in [1.54, 1.807) is 24.9 Å². The third kappa shape index (κ3) is 3.54. The van der Waals surface area contributed by atoms with E-state index in [-0.39, 0.29) is 24.1 Å². The Morgan fingerprint density at radius 3 is 2.89 bits per heavy atom. The summed E-state index contributed by atoms with van der Waals surface area (Å²) >= 11 is 0. The molecule has 0 bridgehead atoms. The first-order chi connectivity index (χ1) is 17.1.